The van der Waals surface area contributed by atoms with Crippen LogP contribution < -0.4 is 4.74 Å². The van der Waals surface area contributed by atoms with Crippen molar-refractivity contribution in [3.63, 3.8) is 0 Å². The quantitative estimate of drug-likeness (QED) is 0.727. The van der Waals surface area contributed by atoms with E-state index in [-0.39, 0.29) is 24.4 Å². The van der Waals surface area contributed by atoms with E-state index in [0.717, 1.165) is 39.9 Å². The van der Waals surface area contributed by atoms with Crippen LogP contribution in [0.1, 0.15) is 36.2 Å². The number of benzene rings is 2. The van der Waals surface area contributed by atoms with Gasteiger partial charge in [0, 0.05) is 29.6 Å². The first kappa shape index (κ1) is 18.7. The van der Waals surface area contributed by atoms with Crippen LogP contribution in [-0.4, -0.2) is 52.8 Å². The van der Waals surface area contributed by atoms with Gasteiger partial charge in [-0.2, -0.15) is 0 Å². The first-order valence-electron chi connectivity index (χ1n) is 10.5. The smallest absolute Gasteiger partial charge is 0.246 e. The van der Waals surface area contributed by atoms with Gasteiger partial charge >= 0.3 is 0 Å². The van der Waals surface area contributed by atoms with E-state index in [0.29, 0.717) is 13.0 Å². The molecule has 30 heavy (non-hydrogen) atoms. The highest BCUT2D eigenvalue weighted by molar-refractivity contribution is 5.97. The number of fused-ring (bicyclic) bond motifs is 4. The van der Waals surface area contributed by atoms with Gasteiger partial charge in [-0.25, -0.2) is 0 Å². The maximum atomic E-state index is 13.3. The molecule has 1 saturated heterocycles. The first-order valence-corrected chi connectivity index (χ1v) is 10.5. The van der Waals surface area contributed by atoms with Gasteiger partial charge in [-0.1, -0.05) is 37.3 Å². The minimum Gasteiger partial charge on any atom is -0.497 e. The van der Waals surface area contributed by atoms with Crippen LogP contribution in [0.25, 0.3) is 10.9 Å². The summed E-state index contributed by atoms with van der Waals surface area (Å²) in [7, 11) is 1.64. The molecule has 0 saturated carbocycles. The van der Waals surface area contributed by atoms with Crippen molar-refractivity contribution in [2.24, 2.45) is 0 Å². The minimum atomic E-state index is -0.475. The van der Waals surface area contributed by atoms with Gasteiger partial charge in [-0.15, -0.1) is 0 Å². The van der Waals surface area contributed by atoms with E-state index in [1.54, 1.807) is 16.9 Å². The van der Waals surface area contributed by atoms with Crippen LogP contribution in [0, 0.1) is 0 Å². The molecule has 2 amide bonds. The maximum absolute atomic E-state index is 13.3. The van der Waals surface area contributed by atoms with Crippen LogP contribution in [0.2, 0.25) is 0 Å². The molecule has 154 valence electrons. The summed E-state index contributed by atoms with van der Waals surface area (Å²) in [4.78, 5) is 33.7. The van der Waals surface area contributed by atoms with E-state index in [2.05, 4.69) is 11.1 Å². The van der Waals surface area contributed by atoms with E-state index in [1.165, 1.54) is 0 Å². The van der Waals surface area contributed by atoms with Crippen molar-refractivity contribution < 1.29 is 14.3 Å². The number of hydrogen-bond donors (Lipinski definition) is 1. The Morgan fingerprint density at radius 2 is 1.87 bits per heavy atom. The van der Waals surface area contributed by atoms with E-state index >= 15 is 0 Å². The molecule has 2 aliphatic heterocycles. The van der Waals surface area contributed by atoms with Gasteiger partial charge in [0.15, 0.2) is 0 Å². The molecule has 3 aromatic rings. The summed E-state index contributed by atoms with van der Waals surface area (Å²) in [6.07, 6.45) is 1.38. The Bertz CT molecular complexity index is 1120. The van der Waals surface area contributed by atoms with Crippen LogP contribution >= 0.6 is 0 Å². The molecule has 1 N–H and O–H groups in total. The van der Waals surface area contributed by atoms with Crippen molar-refractivity contribution in [1.82, 2.24) is 14.8 Å². The molecule has 0 spiro atoms. The molecule has 2 aromatic carbocycles. The number of nitrogens with zero attached hydrogens (tertiary/aromatic N) is 2. The molecule has 3 heterocycles. The Labute approximate surface area is 175 Å². The summed E-state index contributed by atoms with van der Waals surface area (Å²) >= 11 is 0. The van der Waals surface area contributed by atoms with Crippen LogP contribution in [-0.2, 0) is 16.0 Å². The van der Waals surface area contributed by atoms with Gasteiger partial charge in [0.1, 0.15) is 11.8 Å². The van der Waals surface area contributed by atoms with E-state index in [4.69, 9.17) is 4.74 Å². The fourth-order valence-corrected chi connectivity index (χ4v) is 4.92. The van der Waals surface area contributed by atoms with Crippen molar-refractivity contribution in [1.29, 1.82) is 0 Å². The van der Waals surface area contributed by atoms with Gasteiger partial charge in [-0.05, 0) is 35.7 Å². The maximum Gasteiger partial charge on any atom is 0.246 e. The average molecular weight is 403 g/mol. The third-order valence-electron chi connectivity index (χ3n) is 6.27. The van der Waals surface area contributed by atoms with Crippen molar-refractivity contribution in [3.05, 3.63) is 65.4 Å². The number of carbonyl (C=O) groups excluding carboxylic acids is 2. The highest BCUT2D eigenvalue weighted by atomic mass is 16.5. The molecule has 1 unspecified atom stereocenters. The second kappa shape index (κ2) is 7.20. The summed E-state index contributed by atoms with van der Waals surface area (Å²) < 4.78 is 5.31. The number of carbonyl (C=O) groups is 2. The fraction of sp³-hybridized carbons (Fsp3) is 0.333. The SMILES string of the molecule is CCCN1CC(=O)N2C(c3ccc(OC)cc3)c3[nH]c4ccccc4c3C[C@@H]2C1=O. The molecule has 0 aliphatic carbocycles. The molecule has 2 aliphatic rings. The zero-order valence-electron chi connectivity index (χ0n) is 17.2. The van der Waals surface area contributed by atoms with E-state index in [9.17, 15) is 9.59 Å². The zero-order valence-corrected chi connectivity index (χ0v) is 17.2. The van der Waals surface area contributed by atoms with Gasteiger partial charge in [0.2, 0.25) is 11.8 Å². The van der Waals surface area contributed by atoms with Crippen LogP contribution in [0.4, 0.5) is 0 Å². The largest absolute Gasteiger partial charge is 0.497 e. The number of para-hydroxylation sites is 1. The predicted molar refractivity (Wildman–Crippen MR) is 114 cm³/mol. The van der Waals surface area contributed by atoms with Gasteiger partial charge < -0.3 is 19.5 Å². The Morgan fingerprint density at radius 1 is 1.10 bits per heavy atom. The number of hydrogen-bond acceptors (Lipinski definition) is 3. The molecular formula is C24H25N3O3. The molecule has 6 nitrogen and oxygen atoms in total. The molecule has 1 fully saturated rings. The predicted octanol–water partition coefficient (Wildman–Crippen LogP) is 3.27. The van der Waals surface area contributed by atoms with E-state index < -0.39 is 6.04 Å². The highest BCUT2D eigenvalue weighted by Crippen LogP contribution is 2.42. The lowest BCUT2D eigenvalue weighted by atomic mass is 9.86. The third kappa shape index (κ3) is 2.78. The summed E-state index contributed by atoms with van der Waals surface area (Å²) in [5.74, 6) is 0.808. The number of ether oxygens (including phenoxy) is 1. The van der Waals surface area contributed by atoms with Crippen molar-refractivity contribution in [3.8, 4) is 5.75 Å². The number of piperazine rings is 1. The number of nitrogens with one attached hydrogen (secondary N) is 1. The Kier molecular flexibility index (Phi) is 4.50. The second-order valence-electron chi connectivity index (χ2n) is 8.02. The molecule has 0 radical (unpaired) electrons. The summed E-state index contributed by atoms with van der Waals surface area (Å²) in [5.41, 5.74) is 4.14. The Morgan fingerprint density at radius 3 is 2.60 bits per heavy atom. The normalized spacial score (nSPS) is 21.0. The molecule has 5 rings (SSSR count). The number of H-pyrrole nitrogens is 1. The molecular weight excluding hydrogens is 378 g/mol. The van der Waals surface area contributed by atoms with E-state index in [1.807, 2.05) is 49.4 Å². The molecule has 1 aromatic heterocycles. The lowest BCUT2D eigenvalue weighted by molar-refractivity contribution is -0.158. The van der Waals surface area contributed by atoms with Crippen LogP contribution in [0.15, 0.2) is 48.5 Å². The number of amides is 2. The highest BCUT2D eigenvalue weighted by Gasteiger charge is 2.47. The topological polar surface area (TPSA) is 65.6 Å². The van der Waals surface area contributed by atoms with Crippen LogP contribution in [0.3, 0.4) is 0 Å². The van der Waals surface area contributed by atoms with Crippen molar-refractivity contribution in [2.45, 2.75) is 31.8 Å². The fourth-order valence-electron chi connectivity index (χ4n) is 4.92. The molecule has 0 bridgehead atoms. The summed E-state index contributed by atoms with van der Waals surface area (Å²) in [5, 5.41) is 1.12. The van der Waals surface area contributed by atoms with Crippen LogP contribution in [0.5, 0.6) is 5.75 Å². The van der Waals surface area contributed by atoms with Gasteiger partial charge in [-0.3, -0.25) is 9.59 Å². The molecule has 6 heteroatoms. The zero-order chi connectivity index (χ0) is 20.8. The van der Waals surface area contributed by atoms with Crippen molar-refractivity contribution >= 4 is 22.7 Å². The van der Waals surface area contributed by atoms with Crippen molar-refractivity contribution in [2.75, 3.05) is 20.2 Å². The average Bonchev–Trinajstić information content (AvgIpc) is 3.14. The standard InChI is InChI=1S/C24H25N3O3/c1-3-12-26-14-21(28)27-20(24(26)29)13-18-17-6-4-5-7-19(17)25-22(18)23(27)15-8-10-16(30-2)11-9-15/h4-11,20,23,25H,3,12-14H2,1-2H3/t20-,23?/m1/s1. The Balaban J connectivity index is 1.68. The second-order valence-corrected chi connectivity index (χ2v) is 8.02. The first-order chi connectivity index (χ1) is 14.6. The lowest BCUT2D eigenvalue weighted by Crippen LogP contribution is -2.63. The summed E-state index contributed by atoms with van der Waals surface area (Å²) in [6, 6.07) is 15.1. The van der Waals surface area contributed by atoms with Gasteiger partial charge in [0.05, 0.1) is 19.7 Å². The monoisotopic (exact) mass is 403 g/mol. The minimum absolute atomic E-state index is 0.00169. The Hall–Kier alpha value is -3.28. The van der Waals surface area contributed by atoms with Gasteiger partial charge in [0.25, 0.3) is 0 Å². The molecule has 2 atom stereocenters. The number of methoxy groups -OCH3 is 1. The number of rotatable bonds is 4. The lowest BCUT2D eigenvalue weighted by Gasteiger charge is -2.47. The third-order valence-corrected chi connectivity index (χ3v) is 6.27. The summed E-state index contributed by atoms with van der Waals surface area (Å²) in [6.45, 7) is 2.79. The number of aromatic amines is 1. The number of aromatic nitrogens is 1.